The zero-order valence-electron chi connectivity index (χ0n) is 12.0. The fourth-order valence-electron chi connectivity index (χ4n) is 3.06. The van der Waals surface area contributed by atoms with Crippen molar-refractivity contribution in [2.45, 2.75) is 51.2 Å². The number of hydrogen-bond donors (Lipinski definition) is 1. The van der Waals surface area contributed by atoms with Crippen molar-refractivity contribution in [1.29, 1.82) is 0 Å². The van der Waals surface area contributed by atoms with E-state index >= 15 is 0 Å². The van der Waals surface area contributed by atoms with E-state index in [1.165, 1.54) is 35.7 Å². The lowest BCUT2D eigenvalue weighted by Gasteiger charge is -2.35. The van der Waals surface area contributed by atoms with Gasteiger partial charge in [0.25, 0.3) is 0 Å². The van der Waals surface area contributed by atoms with Gasteiger partial charge in [0.2, 0.25) is 0 Å². The van der Waals surface area contributed by atoms with E-state index in [1.54, 1.807) is 0 Å². The lowest BCUT2D eigenvalue weighted by Crippen LogP contribution is -2.40. The third kappa shape index (κ3) is 4.59. The monoisotopic (exact) mass is 324 g/mol. The number of rotatable bonds is 5. The summed E-state index contributed by atoms with van der Waals surface area (Å²) in [6, 6.07) is 10.1. The summed E-state index contributed by atoms with van der Waals surface area (Å²) in [5.74, 6) is 0. The first-order chi connectivity index (χ1) is 9.19. The Labute approximate surface area is 125 Å². The molecule has 3 heteroatoms. The van der Waals surface area contributed by atoms with E-state index in [2.05, 4.69) is 64.4 Å². The van der Waals surface area contributed by atoms with Gasteiger partial charge in [-0.1, -0.05) is 35.0 Å². The van der Waals surface area contributed by atoms with Gasteiger partial charge in [-0.2, -0.15) is 0 Å². The molecule has 0 atom stereocenters. The molecule has 0 spiro atoms. The van der Waals surface area contributed by atoms with Crippen molar-refractivity contribution in [2.24, 2.45) is 0 Å². The van der Waals surface area contributed by atoms with Gasteiger partial charge in [0.15, 0.2) is 0 Å². The Morgan fingerprint density at radius 2 is 2.00 bits per heavy atom. The lowest BCUT2D eigenvalue weighted by molar-refractivity contribution is 0.168. The van der Waals surface area contributed by atoms with Crippen LogP contribution in [0.4, 0.5) is 0 Å². The normalized spacial score (nSPS) is 23.8. The predicted molar refractivity (Wildman–Crippen MR) is 85.3 cm³/mol. The second-order valence-electron chi connectivity index (χ2n) is 5.61. The number of halogens is 1. The minimum Gasteiger partial charge on any atom is -0.314 e. The summed E-state index contributed by atoms with van der Waals surface area (Å²) >= 11 is 3.55. The molecule has 1 aromatic rings. The molecule has 1 aliphatic carbocycles. The van der Waals surface area contributed by atoms with Gasteiger partial charge in [0, 0.05) is 23.1 Å². The first-order valence-electron chi connectivity index (χ1n) is 7.37. The van der Waals surface area contributed by atoms with E-state index in [4.69, 9.17) is 0 Å². The third-order valence-corrected chi connectivity index (χ3v) is 4.63. The average Bonchev–Trinajstić information content (AvgIpc) is 2.40. The Morgan fingerprint density at radius 3 is 2.63 bits per heavy atom. The largest absolute Gasteiger partial charge is 0.314 e. The van der Waals surface area contributed by atoms with Crippen molar-refractivity contribution < 1.29 is 0 Å². The molecule has 1 saturated carbocycles. The minimum absolute atomic E-state index is 0.744. The van der Waals surface area contributed by atoms with Gasteiger partial charge in [0.05, 0.1) is 0 Å². The fraction of sp³-hybridized carbons (Fsp3) is 0.625. The van der Waals surface area contributed by atoms with Crippen LogP contribution in [-0.2, 0) is 6.54 Å². The molecule has 0 unspecified atom stereocenters. The molecule has 2 rings (SSSR count). The molecule has 0 aromatic heterocycles. The minimum atomic E-state index is 0.744. The van der Waals surface area contributed by atoms with Gasteiger partial charge in [-0.25, -0.2) is 0 Å². The van der Waals surface area contributed by atoms with Crippen molar-refractivity contribution in [3.05, 3.63) is 34.3 Å². The predicted octanol–water partition coefficient (Wildman–Crippen LogP) is 3.80. The average molecular weight is 325 g/mol. The van der Waals surface area contributed by atoms with Gasteiger partial charge in [-0.05, 0) is 57.0 Å². The molecular formula is C16H25BrN2. The number of hydrogen-bond acceptors (Lipinski definition) is 2. The van der Waals surface area contributed by atoms with Crippen LogP contribution in [0.25, 0.3) is 0 Å². The molecule has 1 aromatic carbocycles. The van der Waals surface area contributed by atoms with E-state index in [9.17, 15) is 0 Å². The molecule has 0 radical (unpaired) electrons. The highest BCUT2D eigenvalue weighted by Crippen LogP contribution is 2.24. The van der Waals surface area contributed by atoms with Crippen LogP contribution in [0.5, 0.6) is 0 Å². The Hall–Kier alpha value is -0.380. The second-order valence-corrected chi connectivity index (χ2v) is 6.52. The molecule has 0 heterocycles. The summed E-state index contributed by atoms with van der Waals surface area (Å²) in [4.78, 5) is 2.52. The zero-order chi connectivity index (χ0) is 13.7. The Bertz CT molecular complexity index is 386. The van der Waals surface area contributed by atoms with Gasteiger partial charge in [-0.3, -0.25) is 4.90 Å². The third-order valence-electron chi connectivity index (χ3n) is 4.13. The van der Waals surface area contributed by atoms with Crippen LogP contribution in [-0.4, -0.2) is 30.6 Å². The molecule has 0 bridgehead atoms. The highest BCUT2D eigenvalue weighted by Gasteiger charge is 2.23. The maximum Gasteiger partial charge on any atom is 0.0234 e. The van der Waals surface area contributed by atoms with Crippen molar-refractivity contribution in [3.8, 4) is 0 Å². The Morgan fingerprint density at radius 1 is 1.26 bits per heavy atom. The Balaban J connectivity index is 1.82. The van der Waals surface area contributed by atoms with Crippen molar-refractivity contribution in [2.75, 3.05) is 13.6 Å². The smallest absolute Gasteiger partial charge is 0.0234 e. The summed E-state index contributed by atoms with van der Waals surface area (Å²) < 4.78 is 1.18. The van der Waals surface area contributed by atoms with E-state index in [0.717, 1.165) is 25.2 Å². The number of nitrogens with one attached hydrogen (secondary N) is 1. The molecule has 2 nitrogen and oxygen atoms in total. The molecule has 1 N–H and O–H groups in total. The van der Waals surface area contributed by atoms with Gasteiger partial charge < -0.3 is 5.32 Å². The molecule has 1 fully saturated rings. The van der Waals surface area contributed by atoms with Crippen molar-refractivity contribution in [3.63, 3.8) is 0 Å². The molecule has 0 amide bonds. The van der Waals surface area contributed by atoms with Crippen LogP contribution in [0.3, 0.4) is 0 Å². The summed E-state index contributed by atoms with van der Waals surface area (Å²) in [5.41, 5.74) is 1.39. The summed E-state index contributed by atoms with van der Waals surface area (Å²) in [7, 11) is 2.26. The van der Waals surface area contributed by atoms with E-state index in [1.807, 2.05) is 0 Å². The van der Waals surface area contributed by atoms with E-state index in [0.29, 0.717) is 0 Å². The van der Waals surface area contributed by atoms with Crippen LogP contribution in [0.15, 0.2) is 28.7 Å². The summed E-state index contributed by atoms with van der Waals surface area (Å²) in [6.45, 7) is 4.35. The van der Waals surface area contributed by atoms with Crippen molar-refractivity contribution >= 4 is 15.9 Å². The highest BCUT2D eigenvalue weighted by molar-refractivity contribution is 9.10. The molecule has 0 aliphatic heterocycles. The van der Waals surface area contributed by atoms with E-state index in [-0.39, 0.29) is 0 Å². The first-order valence-corrected chi connectivity index (χ1v) is 8.16. The number of nitrogens with zero attached hydrogens (tertiary/aromatic N) is 1. The van der Waals surface area contributed by atoms with Crippen LogP contribution < -0.4 is 5.32 Å². The Kier molecular flexibility index (Phi) is 5.86. The first kappa shape index (κ1) is 15.0. The molecule has 106 valence electrons. The molecule has 19 heavy (non-hydrogen) atoms. The van der Waals surface area contributed by atoms with Gasteiger partial charge >= 0.3 is 0 Å². The maximum absolute atomic E-state index is 3.58. The topological polar surface area (TPSA) is 15.3 Å². The molecular weight excluding hydrogens is 300 g/mol. The summed E-state index contributed by atoms with van der Waals surface area (Å²) in [5, 5.41) is 3.58. The van der Waals surface area contributed by atoms with Crippen LogP contribution in [0.2, 0.25) is 0 Å². The molecule has 0 saturated heterocycles. The zero-order valence-corrected chi connectivity index (χ0v) is 13.6. The van der Waals surface area contributed by atoms with Gasteiger partial charge in [-0.15, -0.1) is 0 Å². The van der Waals surface area contributed by atoms with Crippen LogP contribution in [0.1, 0.15) is 38.2 Å². The SMILES string of the molecule is CCNC1CCC(N(C)Cc2cccc(Br)c2)CC1. The van der Waals surface area contributed by atoms with Crippen molar-refractivity contribution in [1.82, 2.24) is 10.2 Å². The quantitative estimate of drug-likeness (QED) is 0.886. The number of benzene rings is 1. The lowest BCUT2D eigenvalue weighted by atomic mass is 9.90. The highest BCUT2D eigenvalue weighted by atomic mass is 79.9. The summed E-state index contributed by atoms with van der Waals surface area (Å²) in [6.07, 6.45) is 5.28. The maximum atomic E-state index is 3.58. The standard InChI is InChI=1S/C16H25BrN2/c1-3-18-15-7-9-16(10-8-15)19(2)12-13-5-4-6-14(17)11-13/h4-6,11,15-16,18H,3,7-10,12H2,1-2H3. The molecule has 1 aliphatic rings. The van der Waals surface area contributed by atoms with Crippen LogP contribution >= 0.6 is 15.9 Å². The van der Waals surface area contributed by atoms with E-state index < -0.39 is 0 Å². The van der Waals surface area contributed by atoms with Gasteiger partial charge in [0.1, 0.15) is 0 Å². The second kappa shape index (κ2) is 7.41. The fourth-order valence-corrected chi connectivity index (χ4v) is 3.51. The van der Waals surface area contributed by atoms with Crippen LogP contribution in [0, 0.1) is 0 Å².